The third kappa shape index (κ3) is 12.8. The number of ether oxygens (including phenoxy) is 4. The van der Waals surface area contributed by atoms with E-state index in [9.17, 15) is 19.2 Å². The zero-order valence-electron chi connectivity index (χ0n) is 17.2. The monoisotopic (exact) mass is 388 g/mol. The summed E-state index contributed by atoms with van der Waals surface area (Å²) < 4.78 is 19.3. The smallest absolute Gasteiger partial charge is 0.314 e. The first-order chi connectivity index (χ1) is 12.3. The third-order valence-corrected chi connectivity index (χ3v) is 3.31. The van der Waals surface area contributed by atoms with Gasteiger partial charge in [0.25, 0.3) is 0 Å². The molecule has 8 nitrogen and oxygen atoms in total. The van der Waals surface area contributed by atoms with Crippen LogP contribution < -0.4 is 0 Å². The molecule has 8 heteroatoms. The Labute approximate surface area is 160 Å². The second-order valence-corrected chi connectivity index (χ2v) is 8.19. The van der Waals surface area contributed by atoms with Crippen LogP contribution in [0.4, 0.5) is 0 Å². The first kappa shape index (κ1) is 24.9. The van der Waals surface area contributed by atoms with Crippen LogP contribution in [0.15, 0.2) is 0 Å². The van der Waals surface area contributed by atoms with Crippen molar-refractivity contribution < 1.29 is 38.1 Å². The molecule has 0 fully saturated rings. The average molecular weight is 388 g/mol. The fourth-order valence-electron chi connectivity index (χ4n) is 1.59. The first-order valence-corrected chi connectivity index (χ1v) is 8.99. The minimum Gasteiger partial charge on any atom is -0.428 e. The van der Waals surface area contributed by atoms with Crippen molar-refractivity contribution in [1.29, 1.82) is 0 Å². The summed E-state index contributed by atoms with van der Waals surface area (Å²) in [4.78, 5) is 46.0. The highest BCUT2D eigenvalue weighted by Gasteiger charge is 2.24. The van der Waals surface area contributed by atoms with Crippen molar-refractivity contribution in [3.05, 3.63) is 0 Å². The molecule has 0 saturated heterocycles. The SMILES string of the molecule is CC(C)(C)C(=O)OCOC(=O)CCCCCC(=O)OCOC(=O)C(C)(C)C. The lowest BCUT2D eigenvalue weighted by atomic mass is 9.97. The Morgan fingerprint density at radius 1 is 0.556 bits per heavy atom. The van der Waals surface area contributed by atoms with Crippen LogP contribution in [0.3, 0.4) is 0 Å². The predicted molar refractivity (Wildman–Crippen MR) is 96.1 cm³/mol. The molecule has 0 bridgehead atoms. The molecule has 0 spiro atoms. The van der Waals surface area contributed by atoms with Crippen LogP contribution in [0.1, 0.15) is 73.6 Å². The zero-order valence-corrected chi connectivity index (χ0v) is 17.2. The maximum Gasteiger partial charge on any atom is 0.314 e. The maximum absolute atomic E-state index is 11.5. The van der Waals surface area contributed by atoms with Gasteiger partial charge in [0.1, 0.15) is 0 Å². The standard InChI is InChI=1S/C19H32O8/c1-18(2,3)16(22)26-12-24-14(20)10-8-7-9-11-15(21)25-13-27-17(23)19(4,5)6/h7-13H2,1-6H3. The van der Waals surface area contributed by atoms with Crippen molar-refractivity contribution in [2.75, 3.05) is 13.6 Å². The molecule has 0 aliphatic heterocycles. The van der Waals surface area contributed by atoms with Gasteiger partial charge < -0.3 is 18.9 Å². The molecule has 0 aliphatic carbocycles. The predicted octanol–water partition coefficient (Wildman–Crippen LogP) is 3.12. The normalized spacial score (nSPS) is 11.5. The quantitative estimate of drug-likeness (QED) is 0.319. The van der Waals surface area contributed by atoms with Crippen LogP contribution in [-0.4, -0.2) is 37.5 Å². The van der Waals surface area contributed by atoms with Gasteiger partial charge >= 0.3 is 23.9 Å². The maximum atomic E-state index is 11.5. The average Bonchev–Trinajstić information content (AvgIpc) is 2.52. The second-order valence-electron chi connectivity index (χ2n) is 8.19. The van der Waals surface area contributed by atoms with Gasteiger partial charge in [0, 0.05) is 12.8 Å². The summed E-state index contributed by atoms with van der Waals surface area (Å²) in [5.41, 5.74) is -1.29. The van der Waals surface area contributed by atoms with Crippen LogP contribution in [-0.2, 0) is 38.1 Å². The Kier molecular flexibility index (Phi) is 10.7. The highest BCUT2D eigenvalue weighted by Crippen LogP contribution is 2.16. The fourth-order valence-corrected chi connectivity index (χ4v) is 1.59. The summed E-state index contributed by atoms with van der Waals surface area (Å²) in [7, 11) is 0. The minimum atomic E-state index is -0.647. The number of unbranched alkanes of at least 4 members (excludes halogenated alkanes) is 2. The van der Waals surface area contributed by atoms with E-state index in [4.69, 9.17) is 18.9 Å². The van der Waals surface area contributed by atoms with E-state index in [1.54, 1.807) is 41.5 Å². The van der Waals surface area contributed by atoms with Gasteiger partial charge in [0.05, 0.1) is 10.8 Å². The van der Waals surface area contributed by atoms with Gasteiger partial charge in [-0.2, -0.15) is 0 Å². The van der Waals surface area contributed by atoms with E-state index < -0.39 is 48.3 Å². The van der Waals surface area contributed by atoms with E-state index in [2.05, 4.69) is 0 Å². The van der Waals surface area contributed by atoms with Gasteiger partial charge in [-0.25, -0.2) is 0 Å². The highest BCUT2D eigenvalue weighted by atomic mass is 16.7. The van der Waals surface area contributed by atoms with Crippen molar-refractivity contribution in [2.24, 2.45) is 10.8 Å². The van der Waals surface area contributed by atoms with Crippen molar-refractivity contribution in [3.63, 3.8) is 0 Å². The van der Waals surface area contributed by atoms with Gasteiger partial charge in [-0.1, -0.05) is 6.42 Å². The Hall–Kier alpha value is -2.12. The van der Waals surface area contributed by atoms with Gasteiger partial charge in [-0.3, -0.25) is 19.2 Å². The summed E-state index contributed by atoms with van der Waals surface area (Å²) in [5, 5.41) is 0. The first-order valence-electron chi connectivity index (χ1n) is 8.99. The number of carbonyl (C=O) groups is 4. The fraction of sp³-hybridized carbons (Fsp3) is 0.789. The number of carbonyl (C=O) groups excluding carboxylic acids is 4. The number of hydrogen-bond acceptors (Lipinski definition) is 8. The Morgan fingerprint density at radius 2 is 0.889 bits per heavy atom. The Morgan fingerprint density at radius 3 is 1.19 bits per heavy atom. The minimum absolute atomic E-state index is 0.172. The van der Waals surface area contributed by atoms with Crippen LogP contribution >= 0.6 is 0 Å². The lowest BCUT2D eigenvalue weighted by Gasteiger charge is -2.16. The number of rotatable bonds is 10. The molecule has 0 aliphatic rings. The van der Waals surface area contributed by atoms with Crippen molar-refractivity contribution >= 4 is 23.9 Å². The van der Waals surface area contributed by atoms with E-state index in [0.717, 1.165) is 0 Å². The summed E-state index contributed by atoms with van der Waals surface area (Å²) in [6.45, 7) is 9.44. The highest BCUT2D eigenvalue weighted by molar-refractivity contribution is 5.76. The third-order valence-electron chi connectivity index (χ3n) is 3.31. The summed E-state index contributed by atoms with van der Waals surface area (Å²) in [6.07, 6.45) is 2.06. The second kappa shape index (κ2) is 11.6. The van der Waals surface area contributed by atoms with Crippen LogP contribution in [0.2, 0.25) is 0 Å². The van der Waals surface area contributed by atoms with Crippen LogP contribution in [0, 0.1) is 10.8 Å². The lowest BCUT2D eigenvalue weighted by molar-refractivity contribution is -0.174. The molecule has 0 saturated carbocycles. The molecule has 0 heterocycles. The van der Waals surface area contributed by atoms with Gasteiger partial charge in [0.2, 0.25) is 13.6 Å². The van der Waals surface area contributed by atoms with E-state index in [0.29, 0.717) is 19.3 Å². The molecule has 0 aromatic heterocycles. The zero-order chi connectivity index (χ0) is 21.1. The van der Waals surface area contributed by atoms with E-state index in [-0.39, 0.29) is 12.8 Å². The molecular formula is C19H32O8. The largest absolute Gasteiger partial charge is 0.428 e. The number of esters is 4. The lowest BCUT2D eigenvalue weighted by Crippen LogP contribution is -2.24. The molecule has 0 aromatic carbocycles. The van der Waals surface area contributed by atoms with Crippen molar-refractivity contribution in [1.82, 2.24) is 0 Å². The molecule has 0 atom stereocenters. The van der Waals surface area contributed by atoms with E-state index in [1.165, 1.54) is 0 Å². The van der Waals surface area contributed by atoms with Gasteiger partial charge in [-0.15, -0.1) is 0 Å². The Balaban J connectivity index is 3.67. The molecule has 0 radical (unpaired) electrons. The summed E-state index contributed by atoms with van der Waals surface area (Å²) in [6, 6.07) is 0. The van der Waals surface area contributed by atoms with Crippen molar-refractivity contribution in [2.45, 2.75) is 73.6 Å². The van der Waals surface area contributed by atoms with Crippen LogP contribution in [0.5, 0.6) is 0 Å². The van der Waals surface area contributed by atoms with Crippen molar-refractivity contribution in [3.8, 4) is 0 Å². The number of hydrogen-bond donors (Lipinski definition) is 0. The summed E-state index contributed by atoms with van der Waals surface area (Å²) >= 11 is 0. The molecule has 0 rings (SSSR count). The van der Waals surface area contributed by atoms with Gasteiger partial charge in [-0.05, 0) is 54.4 Å². The molecular weight excluding hydrogens is 356 g/mol. The van der Waals surface area contributed by atoms with E-state index >= 15 is 0 Å². The molecule has 0 N–H and O–H groups in total. The molecule has 0 aromatic rings. The van der Waals surface area contributed by atoms with E-state index in [1.807, 2.05) is 0 Å². The Bertz CT molecular complexity index is 465. The van der Waals surface area contributed by atoms with Gasteiger partial charge in [0.15, 0.2) is 0 Å². The topological polar surface area (TPSA) is 105 Å². The molecule has 156 valence electrons. The molecule has 0 amide bonds. The molecule has 27 heavy (non-hydrogen) atoms. The molecule has 0 unspecified atom stereocenters. The summed E-state index contributed by atoms with van der Waals surface area (Å²) in [5.74, 6) is -1.81. The van der Waals surface area contributed by atoms with Crippen LogP contribution in [0.25, 0.3) is 0 Å².